The van der Waals surface area contributed by atoms with Crippen LogP contribution in [-0.4, -0.2) is 49.1 Å². The van der Waals surface area contributed by atoms with Crippen LogP contribution in [0.5, 0.6) is 0 Å². The van der Waals surface area contributed by atoms with Crippen LogP contribution in [0.15, 0.2) is 0 Å². The Kier molecular flexibility index (Phi) is 5.01. The predicted octanol–water partition coefficient (Wildman–Crippen LogP) is 0.975. The monoisotopic (exact) mass is 253 g/mol. The van der Waals surface area contributed by atoms with Gasteiger partial charge in [0.2, 0.25) is 5.91 Å². The van der Waals surface area contributed by atoms with Gasteiger partial charge in [0, 0.05) is 19.1 Å². The molecular formula is C14H27N3O. The second-order valence-corrected chi connectivity index (χ2v) is 5.99. The van der Waals surface area contributed by atoms with Crippen LogP contribution in [0.25, 0.3) is 0 Å². The molecule has 2 saturated heterocycles. The van der Waals surface area contributed by atoms with Crippen molar-refractivity contribution in [3.05, 3.63) is 0 Å². The van der Waals surface area contributed by atoms with E-state index in [-0.39, 0.29) is 11.9 Å². The number of carbonyl (C=O) groups is 1. The van der Waals surface area contributed by atoms with Gasteiger partial charge < -0.3 is 15.5 Å². The third-order valence-electron chi connectivity index (χ3n) is 4.24. The average Bonchev–Trinajstić information content (AvgIpc) is 2.72. The molecule has 0 saturated carbocycles. The topological polar surface area (TPSA) is 44.4 Å². The number of carbonyl (C=O) groups excluding carboxylic acids is 1. The summed E-state index contributed by atoms with van der Waals surface area (Å²) < 4.78 is 0. The second kappa shape index (κ2) is 6.53. The first-order chi connectivity index (χ1) is 8.66. The molecule has 2 atom stereocenters. The third kappa shape index (κ3) is 3.69. The summed E-state index contributed by atoms with van der Waals surface area (Å²) in [5.74, 6) is 0.912. The zero-order valence-corrected chi connectivity index (χ0v) is 11.7. The van der Waals surface area contributed by atoms with Gasteiger partial charge in [-0.3, -0.25) is 4.79 Å². The lowest BCUT2D eigenvalue weighted by Crippen LogP contribution is -2.44. The lowest BCUT2D eigenvalue weighted by atomic mass is 10.1. The predicted molar refractivity (Wildman–Crippen MR) is 73.5 cm³/mol. The zero-order chi connectivity index (χ0) is 13.0. The van der Waals surface area contributed by atoms with Gasteiger partial charge in [0.25, 0.3) is 0 Å². The molecule has 0 radical (unpaired) electrons. The van der Waals surface area contributed by atoms with Gasteiger partial charge >= 0.3 is 0 Å². The summed E-state index contributed by atoms with van der Waals surface area (Å²) in [6.45, 7) is 8.74. The number of amides is 1. The largest absolute Gasteiger partial charge is 0.355 e. The van der Waals surface area contributed by atoms with E-state index < -0.39 is 0 Å². The Bertz CT molecular complexity index is 280. The number of rotatable bonds is 4. The molecule has 4 nitrogen and oxygen atoms in total. The van der Waals surface area contributed by atoms with E-state index in [0.717, 1.165) is 32.4 Å². The molecule has 2 N–H and O–H groups in total. The molecule has 2 aliphatic rings. The van der Waals surface area contributed by atoms with Crippen molar-refractivity contribution in [1.29, 1.82) is 0 Å². The molecule has 2 fully saturated rings. The first-order valence-electron chi connectivity index (χ1n) is 7.42. The lowest BCUT2D eigenvalue weighted by molar-refractivity contribution is -0.122. The fourth-order valence-corrected chi connectivity index (χ4v) is 2.94. The van der Waals surface area contributed by atoms with Crippen molar-refractivity contribution in [1.82, 2.24) is 15.5 Å². The average molecular weight is 253 g/mol. The molecule has 0 aliphatic carbocycles. The van der Waals surface area contributed by atoms with Gasteiger partial charge in [0.1, 0.15) is 0 Å². The first kappa shape index (κ1) is 13.8. The van der Waals surface area contributed by atoms with Crippen molar-refractivity contribution in [2.45, 2.75) is 51.6 Å². The molecule has 2 heterocycles. The van der Waals surface area contributed by atoms with Crippen molar-refractivity contribution in [3.63, 3.8) is 0 Å². The van der Waals surface area contributed by atoms with Gasteiger partial charge in [0.15, 0.2) is 0 Å². The fourth-order valence-electron chi connectivity index (χ4n) is 2.94. The Morgan fingerprint density at radius 3 is 2.94 bits per heavy atom. The highest BCUT2D eigenvalue weighted by Crippen LogP contribution is 2.18. The molecule has 0 aromatic rings. The van der Waals surface area contributed by atoms with Gasteiger partial charge in [-0.25, -0.2) is 0 Å². The molecule has 2 unspecified atom stereocenters. The lowest BCUT2D eigenvalue weighted by Gasteiger charge is -2.21. The Morgan fingerprint density at radius 2 is 2.22 bits per heavy atom. The summed E-state index contributed by atoms with van der Waals surface area (Å²) in [6, 6.07) is 0.691. The molecule has 0 bridgehead atoms. The number of likely N-dealkylation sites (tertiary alicyclic amines) is 1. The number of nitrogens with zero attached hydrogens (tertiary/aromatic N) is 1. The molecule has 2 rings (SSSR count). The Hall–Kier alpha value is -0.610. The maximum absolute atomic E-state index is 11.8. The highest BCUT2D eigenvalue weighted by Gasteiger charge is 2.26. The second-order valence-electron chi connectivity index (χ2n) is 5.99. The van der Waals surface area contributed by atoms with Crippen LogP contribution in [-0.2, 0) is 4.79 Å². The van der Waals surface area contributed by atoms with Crippen LogP contribution in [0.3, 0.4) is 0 Å². The standard InChI is InChI=1S/C14H27N3O/c1-11(2)17-8-6-12(10-17)9-16-13-5-3-4-7-15-14(13)18/h11-13,16H,3-10H2,1-2H3,(H,15,18). The van der Waals surface area contributed by atoms with E-state index in [9.17, 15) is 4.79 Å². The minimum absolute atomic E-state index is 0.0422. The first-order valence-corrected chi connectivity index (χ1v) is 7.42. The van der Waals surface area contributed by atoms with Crippen molar-refractivity contribution < 1.29 is 4.79 Å². The SMILES string of the molecule is CC(C)N1CCC(CNC2CCCCNC2=O)C1. The Morgan fingerprint density at radius 1 is 1.39 bits per heavy atom. The summed E-state index contributed by atoms with van der Waals surface area (Å²) in [7, 11) is 0. The van der Waals surface area contributed by atoms with Crippen molar-refractivity contribution >= 4 is 5.91 Å². The van der Waals surface area contributed by atoms with E-state index in [0.29, 0.717) is 12.0 Å². The van der Waals surface area contributed by atoms with E-state index in [1.165, 1.54) is 19.5 Å². The minimum Gasteiger partial charge on any atom is -0.355 e. The molecule has 1 amide bonds. The maximum atomic E-state index is 11.8. The van der Waals surface area contributed by atoms with Gasteiger partial charge in [-0.1, -0.05) is 0 Å². The molecule has 0 aromatic carbocycles. The summed E-state index contributed by atoms with van der Waals surface area (Å²) in [5.41, 5.74) is 0. The van der Waals surface area contributed by atoms with E-state index in [1.54, 1.807) is 0 Å². The van der Waals surface area contributed by atoms with Gasteiger partial charge in [-0.2, -0.15) is 0 Å². The third-order valence-corrected chi connectivity index (χ3v) is 4.24. The van der Waals surface area contributed by atoms with E-state index in [1.807, 2.05) is 0 Å². The van der Waals surface area contributed by atoms with Crippen molar-refractivity contribution in [3.8, 4) is 0 Å². The quantitative estimate of drug-likeness (QED) is 0.785. The van der Waals surface area contributed by atoms with Gasteiger partial charge in [0.05, 0.1) is 6.04 Å². The normalized spacial score (nSPS) is 30.5. The summed E-state index contributed by atoms with van der Waals surface area (Å²) >= 11 is 0. The highest BCUT2D eigenvalue weighted by molar-refractivity contribution is 5.81. The van der Waals surface area contributed by atoms with Crippen LogP contribution in [0, 0.1) is 5.92 Å². The van der Waals surface area contributed by atoms with E-state index >= 15 is 0 Å². The number of hydrogen-bond donors (Lipinski definition) is 2. The van der Waals surface area contributed by atoms with Crippen LogP contribution in [0.4, 0.5) is 0 Å². The van der Waals surface area contributed by atoms with Crippen LogP contribution in [0.2, 0.25) is 0 Å². The molecule has 18 heavy (non-hydrogen) atoms. The fraction of sp³-hybridized carbons (Fsp3) is 0.929. The molecule has 0 aromatic heterocycles. The van der Waals surface area contributed by atoms with Crippen molar-refractivity contribution in [2.75, 3.05) is 26.2 Å². The summed E-state index contributed by atoms with van der Waals surface area (Å²) in [6.07, 6.45) is 4.53. The maximum Gasteiger partial charge on any atom is 0.237 e. The molecule has 4 heteroatoms. The van der Waals surface area contributed by atoms with Gasteiger partial charge in [-0.15, -0.1) is 0 Å². The number of nitrogens with one attached hydrogen (secondary N) is 2. The molecule has 104 valence electrons. The van der Waals surface area contributed by atoms with Crippen LogP contribution < -0.4 is 10.6 Å². The summed E-state index contributed by atoms with van der Waals surface area (Å²) in [4.78, 5) is 14.3. The van der Waals surface area contributed by atoms with Crippen LogP contribution >= 0.6 is 0 Å². The Labute approximate surface area is 110 Å². The van der Waals surface area contributed by atoms with Gasteiger partial charge in [-0.05, 0) is 58.5 Å². The van der Waals surface area contributed by atoms with Crippen LogP contribution in [0.1, 0.15) is 39.5 Å². The molecular weight excluding hydrogens is 226 g/mol. The minimum atomic E-state index is 0.0422. The molecule has 0 spiro atoms. The van der Waals surface area contributed by atoms with Crippen molar-refractivity contribution in [2.24, 2.45) is 5.92 Å². The number of hydrogen-bond acceptors (Lipinski definition) is 3. The summed E-state index contributed by atoms with van der Waals surface area (Å²) in [5, 5.41) is 6.46. The van der Waals surface area contributed by atoms with E-state index in [2.05, 4.69) is 29.4 Å². The van der Waals surface area contributed by atoms with E-state index in [4.69, 9.17) is 0 Å². The smallest absolute Gasteiger partial charge is 0.237 e. The highest BCUT2D eigenvalue weighted by atomic mass is 16.2. The molecule has 2 aliphatic heterocycles. The Balaban J connectivity index is 1.72. The zero-order valence-electron chi connectivity index (χ0n) is 11.7.